The number of pyridine rings is 1. The molecule has 0 bridgehead atoms. The number of hydrogen-bond acceptors (Lipinski definition) is 2. The third-order valence-corrected chi connectivity index (χ3v) is 1.81. The van der Waals surface area contributed by atoms with Crippen molar-refractivity contribution in [2.24, 2.45) is 5.73 Å². The topological polar surface area (TPSA) is 38.9 Å². The number of hydrogen-bond donors (Lipinski definition) is 1. The molecule has 0 fully saturated rings. The second kappa shape index (κ2) is 4.41. The minimum absolute atomic E-state index is 0.262. The number of aromatic nitrogens is 1. The van der Waals surface area contributed by atoms with Crippen LogP contribution in [0.2, 0.25) is 0 Å². The van der Waals surface area contributed by atoms with Crippen molar-refractivity contribution in [1.29, 1.82) is 0 Å². The average molecular weight is 204 g/mol. The van der Waals surface area contributed by atoms with Gasteiger partial charge in [-0.25, -0.2) is 0 Å². The van der Waals surface area contributed by atoms with Gasteiger partial charge in [-0.3, -0.25) is 4.98 Å². The van der Waals surface area contributed by atoms with Crippen molar-refractivity contribution in [1.82, 2.24) is 4.98 Å². The SMILES string of the molecule is NCCc1cnccc1CC(F)(F)F. The Hall–Kier alpha value is -1.10. The minimum atomic E-state index is -4.18. The smallest absolute Gasteiger partial charge is 0.330 e. The van der Waals surface area contributed by atoms with E-state index >= 15 is 0 Å². The molecule has 1 rings (SSSR count). The van der Waals surface area contributed by atoms with Gasteiger partial charge in [0.2, 0.25) is 0 Å². The zero-order valence-corrected chi connectivity index (χ0v) is 7.51. The molecule has 5 heteroatoms. The fraction of sp³-hybridized carbons (Fsp3) is 0.444. The molecule has 2 N–H and O–H groups in total. The van der Waals surface area contributed by atoms with Gasteiger partial charge in [0, 0.05) is 12.4 Å². The summed E-state index contributed by atoms with van der Waals surface area (Å²) in [5.74, 6) is 0. The normalized spacial score (nSPS) is 11.7. The van der Waals surface area contributed by atoms with Gasteiger partial charge in [-0.05, 0) is 30.2 Å². The maximum atomic E-state index is 12.1. The summed E-state index contributed by atoms with van der Waals surface area (Å²) in [7, 11) is 0. The fourth-order valence-corrected chi connectivity index (χ4v) is 1.22. The van der Waals surface area contributed by atoms with Crippen molar-refractivity contribution in [3.8, 4) is 0 Å². The molecule has 0 aliphatic heterocycles. The van der Waals surface area contributed by atoms with Crippen LogP contribution in [0.4, 0.5) is 13.2 Å². The third-order valence-electron chi connectivity index (χ3n) is 1.81. The Kier molecular flexibility index (Phi) is 3.46. The summed E-state index contributed by atoms with van der Waals surface area (Å²) in [6, 6.07) is 1.39. The molecule has 1 heterocycles. The molecule has 0 amide bonds. The van der Waals surface area contributed by atoms with Gasteiger partial charge in [0.15, 0.2) is 0 Å². The Morgan fingerprint density at radius 3 is 2.57 bits per heavy atom. The summed E-state index contributed by atoms with van der Waals surface area (Å²) in [5, 5.41) is 0. The second-order valence-electron chi connectivity index (χ2n) is 2.98. The molecule has 0 unspecified atom stereocenters. The van der Waals surface area contributed by atoms with E-state index in [2.05, 4.69) is 4.98 Å². The Bertz CT molecular complexity index is 296. The summed E-state index contributed by atoms with van der Waals surface area (Å²) < 4.78 is 36.3. The first-order chi connectivity index (χ1) is 6.53. The van der Waals surface area contributed by atoms with E-state index in [1.807, 2.05) is 0 Å². The monoisotopic (exact) mass is 204 g/mol. The van der Waals surface area contributed by atoms with E-state index in [0.717, 1.165) is 0 Å². The first-order valence-corrected chi connectivity index (χ1v) is 4.21. The van der Waals surface area contributed by atoms with E-state index in [9.17, 15) is 13.2 Å². The molecular formula is C9H11F3N2. The number of halogens is 3. The van der Waals surface area contributed by atoms with Gasteiger partial charge in [0.05, 0.1) is 6.42 Å². The predicted octanol–water partition coefficient (Wildman–Crippen LogP) is 1.69. The van der Waals surface area contributed by atoms with E-state index in [0.29, 0.717) is 18.5 Å². The van der Waals surface area contributed by atoms with Crippen LogP contribution < -0.4 is 5.73 Å². The summed E-state index contributed by atoms with van der Waals surface area (Å²) in [4.78, 5) is 3.77. The van der Waals surface area contributed by atoms with Crippen molar-refractivity contribution in [3.05, 3.63) is 29.6 Å². The molecule has 78 valence electrons. The molecule has 1 aromatic rings. The molecule has 0 saturated carbocycles. The second-order valence-corrected chi connectivity index (χ2v) is 2.98. The standard InChI is InChI=1S/C9H11F3N2/c10-9(11,12)5-7-2-4-14-6-8(7)1-3-13/h2,4,6H,1,3,5,13H2. The number of alkyl halides is 3. The van der Waals surface area contributed by atoms with E-state index in [-0.39, 0.29) is 5.56 Å². The molecule has 0 saturated heterocycles. The van der Waals surface area contributed by atoms with Crippen LogP contribution >= 0.6 is 0 Å². The van der Waals surface area contributed by atoms with Gasteiger partial charge in [0.25, 0.3) is 0 Å². The quantitative estimate of drug-likeness (QED) is 0.813. The lowest BCUT2D eigenvalue weighted by Gasteiger charge is -2.10. The maximum absolute atomic E-state index is 12.1. The molecule has 0 aliphatic carbocycles. The van der Waals surface area contributed by atoms with Gasteiger partial charge in [-0.15, -0.1) is 0 Å². The summed E-state index contributed by atoms with van der Waals surface area (Å²) in [6.45, 7) is 0.330. The third kappa shape index (κ3) is 3.33. The van der Waals surface area contributed by atoms with Crippen LogP contribution in [0, 0.1) is 0 Å². The van der Waals surface area contributed by atoms with Crippen LogP contribution in [0.1, 0.15) is 11.1 Å². The molecule has 0 aromatic carbocycles. The van der Waals surface area contributed by atoms with Crippen molar-refractivity contribution < 1.29 is 13.2 Å². The largest absolute Gasteiger partial charge is 0.393 e. The molecule has 0 spiro atoms. The zero-order valence-electron chi connectivity index (χ0n) is 7.51. The summed E-state index contributed by atoms with van der Waals surface area (Å²) in [6.07, 6.45) is -1.86. The van der Waals surface area contributed by atoms with Crippen molar-refractivity contribution in [2.45, 2.75) is 19.0 Å². The zero-order chi connectivity index (χ0) is 10.6. The molecule has 0 atom stereocenters. The van der Waals surface area contributed by atoms with Gasteiger partial charge in [0.1, 0.15) is 0 Å². The van der Waals surface area contributed by atoms with E-state index in [1.165, 1.54) is 18.5 Å². The van der Waals surface area contributed by atoms with Crippen LogP contribution in [0.3, 0.4) is 0 Å². The van der Waals surface area contributed by atoms with Gasteiger partial charge >= 0.3 is 6.18 Å². The number of rotatable bonds is 3. The van der Waals surface area contributed by atoms with Gasteiger partial charge in [-0.2, -0.15) is 13.2 Å². The molecule has 14 heavy (non-hydrogen) atoms. The van der Waals surface area contributed by atoms with Crippen LogP contribution in [0.25, 0.3) is 0 Å². The van der Waals surface area contributed by atoms with Crippen molar-refractivity contribution in [3.63, 3.8) is 0 Å². The van der Waals surface area contributed by atoms with Crippen molar-refractivity contribution in [2.75, 3.05) is 6.54 Å². The van der Waals surface area contributed by atoms with E-state index in [4.69, 9.17) is 5.73 Å². The Labute approximate surface area is 79.9 Å². The Morgan fingerprint density at radius 1 is 1.29 bits per heavy atom. The van der Waals surface area contributed by atoms with E-state index in [1.54, 1.807) is 0 Å². The molecular weight excluding hydrogens is 193 g/mol. The number of nitrogens with zero attached hydrogens (tertiary/aromatic N) is 1. The average Bonchev–Trinajstić information content (AvgIpc) is 2.06. The lowest BCUT2D eigenvalue weighted by atomic mass is 10.0. The fourth-order valence-electron chi connectivity index (χ4n) is 1.22. The van der Waals surface area contributed by atoms with E-state index < -0.39 is 12.6 Å². The highest BCUT2D eigenvalue weighted by Crippen LogP contribution is 2.22. The number of nitrogens with two attached hydrogens (primary N) is 1. The Morgan fingerprint density at radius 2 is 2.00 bits per heavy atom. The molecule has 0 radical (unpaired) electrons. The minimum Gasteiger partial charge on any atom is -0.330 e. The highest BCUT2D eigenvalue weighted by molar-refractivity contribution is 5.24. The van der Waals surface area contributed by atoms with Gasteiger partial charge in [-0.1, -0.05) is 0 Å². The van der Waals surface area contributed by atoms with Crippen LogP contribution in [0.15, 0.2) is 18.5 Å². The predicted molar refractivity (Wildman–Crippen MR) is 46.8 cm³/mol. The first-order valence-electron chi connectivity index (χ1n) is 4.21. The van der Waals surface area contributed by atoms with Crippen molar-refractivity contribution >= 4 is 0 Å². The lowest BCUT2D eigenvalue weighted by molar-refractivity contribution is -0.127. The van der Waals surface area contributed by atoms with Crippen LogP contribution in [-0.4, -0.2) is 17.7 Å². The van der Waals surface area contributed by atoms with Crippen LogP contribution in [-0.2, 0) is 12.8 Å². The molecule has 1 aromatic heterocycles. The summed E-state index contributed by atoms with van der Waals surface area (Å²) in [5.41, 5.74) is 6.12. The molecule has 2 nitrogen and oxygen atoms in total. The molecule has 0 aliphatic rings. The summed E-state index contributed by atoms with van der Waals surface area (Å²) >= 11 is 0. The maximum Gasteiger partial charge on any atom is 0.393 e. The Balaban J connectivity index is 2.84. The van der Waals surface area contributed by atoms with Gasteiger partial charge < -0.3 is 5.73 Å². The van der Waals surface area contributed by atoms with Crippen LogP contribution in [0.5, 0.6) is 0 Å². The highest BCUT2D eigenvalue weighted by Gasteiger charge is 2.28. The first kappa shape index (κ1) is 11.0. The lowest BCUT2D eigenvalue weighted by Crippen LogP contribution is -2.14. The highest BCUT2D eigenvalue weighted by atomic mass is 19.4.